The molecule has 0 atom stereocenters. The van der Waals surface area contributed by atoms with Gasteiger partial charge in [0.25, 0.3) is 0 Å². The minimum Gasteiger partial charge on any atom is -0.504 e. The van der Waals surface area contributed by atoms with Crippen molar-refractivity contribution in [3.8, 4) is 34.3 Å². The van der Waals surface area contributed by atoms with E-state index >= 15 is 0 Å². The van der Waals surface area contributed by atoms with Crippen LogP contribution in [0.2, 0.25) is 0 Å². The first kappa shape index (κ1) is 14.0. The highest BCUT2D eigenvalue weighted by molar-refractivity contribution is 5.89. The molecule has 0 fully saturated rings. The predicted molar refractivity (Wildman–Crippen MR) is 82.5 cm³/mol. The summed E-state index contributed by atoms with van der Waals surface area (Å²) in [6, 6.07) is 12.3. The van der Waals surface area contributed by atoms with Crippen molar-refractivity contribution < 1.29 is 24.1 Å². The molecule has 3 rings (SSSR count). The highest BCUT2D eigenvalue weighted by Gasteiger charge is 2.22. The van der Waals surface area contributed by atoms with Gasteiger partial charge >= 0.3 is 11.3 Å². The highest BCUT2D eigenvalue weighted by atomic mass is 16.5. The molecule has 0 aliphatic carbocycles. The van der Waals surface area contributed by atoms with Gasteiger partial charge in [0.15, 0.2) is 11.5 Å². The minimum absolute atomic E-state index is 0.181. The third-order valence-electron chi connectivity index (χ3n) is 3.44. The number of aromatic hydroxyl groups is 2. The van der Waals surface area contributed by atoms with Gasteiger partial charge in [-0.25, -0.2) is 4.42 Å². The van der Waals surface area contributed by atoms with Crippen LogP contribution >= 0.6 is 0 Å². The Bertz CT molecular complexity index is 825. The Balaban J connectivity index is 2.15. The molecule has 0 amide bonds. The number of hydrogen-bond donors (Lipinski definition) is 2. The molecule has 5 nitrogen and oxygen atoms in total. The first-order valence-electron chi connectivity index (χ1n) is 6.64. The van der Waals surface area contributed by atoms with Crippen molar-refractivity contribution >= 4 is 11.0 Å². The molecule has 1 heterocycles. The van der Waals surface area contributed by atoms with E-state index in [4.69, 9.17) is 13.9 Å². The summed E-state index contributed by atoms with van der Waals surface area (Å²) in [5.41, 5.74) is 1.29. The lowest BCUT2D eigenvalue weighted by atomic mass is 10.1. The molecule has 22 heavy (non-hydrogen) atoms. The number of methoxy groups -OCH3 is 2. The number of ether oxygens (including phenoxy) is 2. The lowest BCUT2D eigenvalue weighted by molar-refractivity contribution is 0.354. The maximum Gasteiger partial charge on any atom is 0.368 e. The van der Waals surface area contributed by atoms with Crippen LogP contribution in [-0.2, 0) is 0 Å². The fourth-order valence-electron chi connectivity index (χ4n) is 2.30. The molecule has 2 aromatic carbocycles. The molecular formula is C17H15O5+. The lowest BCUT2D eigenvalue weighted by Gasteiger charge is -2.05. The van der Waals surface area contributed by atoms with E-state index in [-0.39, 0.29) is 17.2 Å². The van der Waals surface area contributed by atoms with E-state index < -0.39 is 0 Å². The number of phenols is 2. The zero-order valence-electron chi connectivity index (χ0n) is 12.2. The van der Waals surface area contributed by atoms with Crippen molar-refractivity contribution in [3.05, 3.63) is 42.5 Å². The third kappa shape index (κ3) is 2.26. The Hall–Kier alpha value is -2.95. The van der Waals surface area contributed by atoms with E-state index in [0.29, 0.717) is 16.7 Å². The predicted octanol–water partition coefficient (Wildman–Crippen LogP) is 3.81. The molecule has 1 aromatic heterocycles. The highest BCUT2D eigenvalue weighted by Crippen LogP contribution is 2.42. The van der Waals surface area contributed by atoms with Crippen LogP contribution in [0.4, 0.5) is 0 Å². The molecule has 0 bridgehead atoms. The topological polar surface area (TPSA) is 70.2 Å². The van der Waals surface area contributed by atoms with Crippen LogP contribution in [0, 0.1) is 0 Å². The molecule has 3 aromatic rings. The molecule has 0 spiro atoms. The van der Waals surface area contributed by atoms with Gasteiger partial charge in [0.2, 0.25) is 5.75 Å². The molecule has 0 radical (unpaired) electrons. The number of benzene rings is 2. The van der Waals surface area contributed by atoms with E-state index in [0.717, 1.165) is 11.3 Å². The largest absolute Gasteiger partial charge is 0.504 e. The van der Waals surface area contributed by atoms with E-state index in [2.05, 4.69) is 0 Å². The van der Waals surface area contributed by atoms with Crippen molar-refractivity contribution in [2.24, 2.45) is 0 Å². The van der Waals surface area contributed by atoms with Crippen LogP contribution in [0.5, 0.6) is 23.0 Å². The van der Waals surface area contributed by atoms with Crippen LogP contribution in [0.25, 0.3) is 22.3 Å². The Morgan fingerprint density at radius 3 is 2.27 bits per heavy atom. The Morgan fingerprint density at radius 2 is 1.64 bits per heavy atom. The molecule has 0 saturated heterocycles. The SMILES string of the molecule is COc1ccc(-c2ccc3c(OC)c(O)c(O)cc3[o+]2)cc1. The second-order valence-electron chi connectivity index (χ2n) is 4.72. The molecule has 2 N–H and O–H groups in total. The summed E-state index contributed by atoms with van der Waals surface area (Å²) < 4.78 is 16.1. The maximum atomic E-state index is 9.81. The van der Waals surface area contributed by atoms with Crippen molar-refractivity contribution in [2.75, 3.05) is 14.2 Å². The van der Waals surface area contributed by atoms with Crippen molar-refractivity contribution in [1.82, 2.24) is 0 Å². The molecule has 5 heteroatoms. The molecular weight excluding hydrogens is 284 g/mol. The molecule has 0 unspecified atom stereocenters. The van der Waals surface area contributed by atoms with Gasteiger partial charge in [-0.3, -0.25) is 0 Å². The Kier molecular flexibility index (Phi) is 3.47. The first-order valence-corrected chi connectivity index (χ1v) is 6.64. The Morgan fingerprint density at radius 1 is 0.909 bits per heavy atom. The number of hydrogen-bond acceptors (Lipinski definition) is 4. The smallest absolute Gasteiger partial charge is 0.368 e. The van der Waals surface area contributed by atoms with E-state index in [1.807, 2.05) is 24.3 Å². The second-order valence-corrected chi connectivity index (χ2v) is 4.72. The second kappa shape index (κ2) is 5.44. The lowest BCUT2D eigenvalue weighted by Crippen LogP contribution is -1.88. The number of fused-ring (bicyclic) bond motifs is 1. The number of phenolic OH excluding ortho intramolecular Hbond substituents is 2. The van der Waals surface area contributed by atoms with Gasteiger partial charge in [0.1, 0.15) is 11.1 Å². The van der Waals surface area contributed by atoms with Crippen molar-refractivity contribution in [1.29, 1.82) is 0 Å². The normalized spacial score (nSPS) is 10.6. The van der Waals surface area contributed by atoms with Gasteiger partial charge < -0.3 is 19.7 Å². The fraction of sp³-hybridized carbons (Fsp3) is 0.118. The van der Waals surface area contributed by atoms with E-state index in [1.54, 1.807) is 19.2 Å². The molecule has 0 saturated carbocycles. The van der Waals surface area contributed by atoms with Gasteiger partial charge in [-0.05, 0) is 30.3 Å². The zero-order chi connectivity index (χ0) is 15.7. The van der Waals surface area contributed by atoms with Gasteiger partial charge in [0.05, 0.1) is 25.8 Å². The van der Waals surface area contributed by atoms with Crippen LogP contribution in [0.3, 0.4) is 0 Å². The summed E-state index contributed by atoms with van der Waals surface area (Å²) in [6.45, 7) is 0. The Labute approximate surface area is 127 Å². The molecule has 112 valence electrons. The van der Waals surface area contributed by atoms with E-state index in [9.17, 15) is 10.2 Å². The van der Waals surface area contributed by atoms with Gasteiger partial charge in [-0.1, -0.05) is 0 Å². The summed E-state index contributed by atoms with van der Waals surface area (Å²) in [5, 5.41) is 20.1. The van der Waals surface area contributed by atoms with Crippen LogP contribution < -0.4 is 9.47 Å². The third-order valence-corrected chi connectivity index (χ3v) is 3.44. The summed E-state index contributed by atoms with van der Waals surface area (Å²) in [7, 11) is 3.03. The summed E-state index contributed by atoms with van der Waals surface area (Å²) >= 11 is 0. The monoisotopic (exact) mass is 299 g/mol. The van der Waals surface area contributed by atoms with Crippen molar-refractivity contribution in [2.45, 2.75) is 0 Å². The summed E-state index contributed by atoms with van der Waals surface area (Å²) in [5.74, 6) is 0.971. The van der Waals surface area contributed by atoms with Crippen LogP contribution in [-0.4, -0.2) is 24.4 Å². The molecule has 0 aliphatic heterocycles. The first-order chi connectivity index (χ1) is 10.6. The summed E-state index contributed by atoms with van der Waals surface area (Å²) in [4.78, 5) is 0. The average molecular weight is 299 g/mol. The van der Waals surface area contributed by atoms with E-state index in [1.165, 1.54) is 13.2 Å². The van der Waals surface area contributed by atoms with Gasteiger partial charge in [-0.15, -0.1) is 0 Å². The van der Waals surface area contributed by atoms with Crippen molar-refractivity contribution in [3.63, 3.8) is 0 Å². The average Bonchev–Trinajstić information content (AvgIpc) is 2.56. The quantitative estimate of drug-likeness (QED) is 0.568. The minimum atomic E-state index is -0.303. The van der Waals surface area contributed by atoms with Crippen LogP contribution in [0.1, 0.15) is 0 Å². The molecule has 0 aliphatic rings. The van der Waals surface area contributed by atoms with Crippen LogP contribution in [0.15, 0.2) is 46.9 Å². The maximum absolute atomic E-state index is 9.81. The number of rotatable bonds is 3. The summed E-state index contributed by atoms with van der Waals surface area (Å²) in [6.07, 6.45) is 0. The zero-order valence-corrected chi connectivity index (χ0v) is 12.2. The van der Waals surface area contributed by atoms with Gasteiger partial charge in [0, 0.05) is 6.07 Å². The standard InChI is InChI=1S/C17H14O5/c1-20-11-5-3-10(4-6-11)14-8-7-12-15(22-14)9-13(18)16(19)17(12)21-2/h3-9H,1-2H3,(H-,18,19)/p+1. The van der Waals surface area contributed by atoms with Gasteiger partial charge in [-0.2, -0.15) is 0 Å². The fourth-order valence-corrected chi connectivity index (χ4v) is 2.30.